The molecule has 1 aliphatic rings. The Labute approximate surface area is 110 Å². The zero-order valence-corrected chi connectivity index (χ0v) is 12.3. The van der Waals surface area contributed by atoms with Gasteiger partial charge >= 0.3 is 0 Å². The number of sulfonamides is 1. The quantitative estimate of drug-likeness (QED) is 0.678. The molecule has 0 aromatic rings. The highest BCUT2D eigenvalue weighted by Gasteiger charge is 2.29. The Morgan fingerprint density at radius 2 is 1.83 bits per heavy atom. The van der Waals surface area contributed by atoms with Crippen LogP contribution < -0.4 is 5.73 Å². The van der Waals surface area contributed by atoms with Crippen LogP contribution in [0.2, 0.25) is 0 Å². The third-order valence-corrected chi connectivity index (χ3v) is 4.79. The van der Waals surface area contributed by atoms with Crippen molar-refractivity contribution < 1.29 is 13.5 Å². The van der Waals surface area contributed by atoms with Gasteiger partial charge in [-0.1, -0.05) is 0 Å². The van der Waals surface area contributed by atoms with Crippen molar-refractivity contribution in [2.24, 2.45) is 5.73 Å². The monoisotopic (exact) mass is 279 g/mol. The van der Waals surface area contributed by atoms with E-state index in [4.69, 9.17) is 10.8 Å². The minimum Gasteiger partial charge on any atom is -0.394 e. The van der Waals surface area contributed by atoms with Gasteiger partial charge in [-0.3, -0.25) is 4.90 Å². The Morgan fingerprint density at radius 1 is 1.33 bits per heavy atom. The molecular weight excluding hydrogens is 254 g/mol. The first kappa shape index (κ1) is 15.8. The zero-order chi connectivity index (χ0) is 14.0. The maximum atomic E-state index is 11.4. The van der Waals surface area contributed by atoms with Crippen molar-refractivity contribution in [2.45, 2.75) is 31.8 Å². The Bertz CT molecular complexity index is 362. The molecule has 6 nitrogen and oxygen atoms in total. The molecule has 0 saturated carbocycles. The summed E-state index contributed by atoms with van der Waals surface area (Å²) in [4.78, 5) is 2.22. The Hall–Kier alpha value is -0.210. The molecule has 1 rings (SSSR count). The van der Waals surface area contributed by atoms with Gasteiger partial charge in [0.15, 0.2) is 0 Å². The van der Waals surface area contributed by atoms with Gasteiger partial charge in [0.25, 0.3) is 0 Å². The lowest BCUT2D eigenvalue weighted by molar-refractivity contribution is 0.107. The molecule has 0 amide bonds. The van der Waals surface area contributed by atoms with E-state index >= 15 is 0 Å². The lowest BCUT2D eigenvalue weighted by Gasteiger charge is -2.39. The molecule has 7 heteroatoms. The van der Waals surface area contributed by atoms with Gasteiger partial charge in [-0.25, -0.2) is 8.42 Å². The highest BCUT2D eigenvalue weighted by Crippen LogP contribution is 2.16. The number of nitrogens with zero attached hydrogens (tertiary/aromatic N) is 2. The van der Waals surface area contributed by atoms with Crippen LogP contribution in [0.1, 0.15) is 20.3 Å². The van der Waals surface area contributed by atoms with Gasteiger partial charge in [0.05, 0.1) is 12.9 Å². The second kappa shape index (κ2) is 5.83. The SMILES string of the molecule is CC(CC(C)(N)CO)N1CCN(S(C)(=O)=O)CC1. The van der Waals surface area contributed by atoms with E-state index in [0.29, 0.717) is 19.5 Å². The maximum Gasteiger partial charge on any atom is 0.211 e. The van der Waals surface area contributed by atoms with Crippen LogP contribution in [-0.2, 0) is 10.0 Å². The molecule has 2 atom stereocenters. The van der Waals surface area contributed by atoms with Crippen molar-refractivity contribution in [3.05, 3.63) is 0 Å². The van der Waals surface area contributed by atoms with Gasteiger partial charge in [0, 0.05) is 37.8 Å². The summed E-state index contributed by atoms with van der Waals surface area (Å²) in [7, 11) is -3.07. The smallest absolute Gasteiger partial charge is 0.211 e. The van der Waals surface area contributed by atoms with Gasteiger partial charge < -0.3 is 10.8 Å². The molecule has 108 valence electrons. The Morgan fingerprint density at radius 3 is 2.22 bits per heavy atom. The average Bonchev–Trinajstić information content (AvgIpc) is 2.27. The summed E-state index contributed by atoms with van der Waals surface area (Å²) in [6.45, 7) is 6.35. The fraction of sp³-hybridized carbons (Fsp3) is 1.00. The number of hydrogen-bond acceptors (Lipinski definition) is 5. The van der Waals surface area contributed by atoms with Gasteiger partial charge in [-0.2, -0.15) is 4.31 Å². The molecule has 18 heavy (non-hydrogen) atoms. The molecule has 1 aliphatic heterocycles. The minimum absolute atomic E-state index is 0.0410. The molecule has 0 aliphatic carbocycles. The highest BCUT2D eigenvalue weighted by atomic mass is 32.2. The molecule has 0 aromatic heterocycles. The van der Waals surface area contributed by atoms with Crippen molar-refractivity contribution in [2.75, 3.05) is 39.0 Å². The summed E-state index contributed by atoms with van der Waals surface area (Å²) >= 11 is 0. The molecule has 1 fully saturated rings. The first-order valence-corrected chi connectivity index (χ1v) is 8.09. The predicted molar refractivity (Wildman–Crippen MR) is 71.7 cm³/mol. The molecule has 1 saturated heterocycles. The second-order valence-corrected chi connectivity index (χ2v) is 7.55. The second-order valence-electron chi connectivity index (χ2n) is 5.56. The normalized spacial score (nSPS) is 24.7. The summed E-state index contributed by atoms with van der Waals surface area (Å²) in [6, 6.07) is 0.244. The predicted octanol–water partition coefficient (Wildman–Crippen LogP) is -0.948. The number of nitrogens with two attached hydrogens (primary N) is 1. The van der Waals surface area contributed by atoms with Crippen LogP contribution in [0.15, 0.2) is 0 Å². The van der Waals surface area contributed by atoms with Crippen molar-refractivity contribution in [3.8, 4) is 0 Å². The zero-order valence-electron chi connectivity index (χ0n) is 11.5. The van der Waals surface area contributed by atoms with E-state index in [9.17, 15) is 8.42 Å². The summed E-state index contributed by atoms with van der Waals surface area (Å²) < 4.78 is 24.3. The molecule has 0 aromatic carbocycles. The largest absolute Gasteiger partial charge is 0.394 e. The first-order chi connectivity index (χ1) is 8.15. The van der Waals surface area contributed by atoms with E-state index in [1.807, 2.05) is 6.92 Å². The van der Waals surface area contributed by atoms with Crippen molar-refractivity contribution in [1.82, 2.24) is 9.21 Å². The van der Waals surface area contributed by atoms with Crippen LogP contribution in [0.4, 0.5) is 0 Å². The van der Waals surface area contributed by atoms with Crippen LogP contribution in [0.5, 0.6) is 0 Å². The molecule has 0 radical (unpaired) electrons. The number of aliphatic hydroxyl groups excluding tert-OH is 1. The summed E-state index contributed by atoms with van der Waals surface area (Å²) in [6.07, 6.45) is 1.94. The van der Waals surface area contributed by atoms with E-state index in [-0.39, 0.29) is 12.6 Å². The fourth-order valence-corrected chi connectivity index (χ4v) is 3.17. The molecule has 0 bridgehead atoms. The number of hydrogen-bond donors (Lipinski definition) is 2. The molecule has 0 spiro atoms. The Balaban J connectivity index is 2.48. The summed E-state index contributed by atoms with van der Waals surface area (Å²) in [5.41, 5.74) is 5.36. The van der Waals surface area contributed by atoms with Gasteiger partial charge in [0.2, 0.25) is 10.0 Å². The van der Waals surface area contributed by atoms with Crippen molar-refractivity contribution >= 4 is 10.0 Å². The number of rotatable bonds is 5. The van der Waals surface area contributed by atoms with Gasteiger partial charge in [-0.15, -0.1) is 0 Å². The number of piperazine rings is 1. The van der Waals surface area contributed by atoms with Gasteiger partial charge in [-0.05, 0) is 20.3 Å². The Kier molecular flexibility index (Phi) is 5.13. The van der Waals surface area contributed by atoms with E-state index in [0.717, 1.165) is 13.1 Å². The van der Waals surface area contributed by atoms with Gasteiger partial charge in [0.1, 0.15) is 0 Å². The van der Waals surface area contributed by atoms with Crippen molar-refractivity contribution in [3.63, 3.8) is 0 Å². The van der Waals surface area contributed by atoms with Crippen molar-refractivity contribution in [1.29, 1.82) is 0 Å². The highest BCUT2D eigenvalue weighted by molar-refractivity contribution is 7.88. The fourth-order valence-electron chi connectivity index (χ4n) is 2.34. The first-order valence-electron chi connectivity index (χ1n) is 6.24. The minimum atomic E-state index is -3.07. The average molecular weight is 279 g/mol. The van der Waals surface area contributed by atoms with Crippen LogP contribution >= 0.6 is 0 Å². The topological polar surface area (TPSA) is 86.9 Å². The maximum absolute atomic E-state index is 11.4. The molecule has 1 heterocycles. The summed E-state index contributed by atoms with van der Waals surface area (Å²) in [5, 5.41) is 9.16. The van der Waals surface area contributed by atoms with E-state index in [2.05, 4.69) is 11.8 Å². The van der Waals surface area contributed by atoms with E-state index in [1.54, 1.807) is 0 Å². The summed E-state index contributed by atoms with van der Waals surface area (Å²) in [5.74, 6) is 0. The lowest BCUT2D eigenvalue weighted by Crippen LogP contribution is -2.54. The number of aliphatic hydroxyl groups is 1. The van der Waals surface area contributed by atoms with Crippen LogP contribution in [0.3, 0.4) is 0 Å². The third-order valence-electron chi connectivity index (χ3n) is 3.49. The van der Waals surface area contributed by atoms with Crippen LogP contribution in [0, 0.1) is 0 Å². The molecule has 3 N–H and O–H groups in total. The molecular formula is C11H25N3O3S. The van der Waals surface area contributed by atoms with E-state index in [1.165, 1.54) is 10.6 Å². The standard InChI is InChI=1S/C11H25N3O3S/c1-10(8-11(2,12)9-15)13-4-6-14(7-5-13)18(3,16)17/h10,15H,4-9,12H2,1-3H3. The van der Waals surface area contributed by atoms with Crippen LogP contribution in [0.25, 0.3) is 0 Å². The third kappa shape index (κ3) is 4.47. The van der Waals surface area contributed by atoms with Crippen LogP contribution in [-0.4, -0.2) is 73.4 Å². The lowest BCUT2D eigenvalue weighted by atomic mass is 9.95. The van der Waals surface area contributed by atoms with E-state index < -0.39 is 15.6 Å². The molecule has 2 unspecified atom stereocenters.